The molecule has 1 aliphatic rings. The summed E-state index contributed by atoms with van der Waals surface area (Å²) < 4.78 is 0. The van der Waals surface area contributed by atoms with Gasteiger partial charge in [0.2, 0.25) is 0 Å². The number of hydrogen-bond acceptors (Lipinski definition) is 2. The molecule has 0 unspecified atom stereocenters. The Bertz CT molecular complexity index is 386. The third kappa shape index (κ3) is 4.32. The molecule has 0 amide bonds. The lowest BCUT2D eigenvalue weighted by Crippen LogP contribution is -2.50. The van der Waals surface area contributed by atoms with Crippen LogP contribution in [0.3, 0.4) is 0 Å². The quantitative estimate of drug-likeness (QED) is 0.830. The molecule has 0 N–H and O–H groups in total. The van der Waals surface area contributed by atoms with Crippen LogP contribution in [0.25, 0.3) is 0 Å². The molecular formula is C18H30N2. The normalized spacial score (nSPS) is 18.6. The summed E-state index contributed by atoms with van der Waals surface area (Å²) in [4.78, 5) is 5.18. The highest BCUT2D eigenvalue weighted by Crippen LogP contribution is 2.22. The molecule has 20 heavy (non-hydrogen) atoms. The van der Waals surface area contributed by atoms with E-state index >= 15 is 0 Å². The van der Waals surface area contributed by atoms with Gasteiger partial charge in [-0.25, -0.2) is 0 Å². The van der Waals surface area contributed by atoms with Crippen molar-refractivity contribution in [1.29, 1.82) is 0 Å². The lowest BCUT2D eigenvalue weighted by atomic mass is 9.97. The highest BCUT2D eigenvalue weighted by molar-refractivity contribution is 5.14. The zero-order chi connectivity index (χ0) is 14.6. The van der Waals surface area contributed by atoms with Crippen LogP contribution in [0.5, 0.6) is 0 Å². The van der Waals surface area contributed by atoms with E-state index in [-0.39, 0.29) is 0 Å². The summed E-state index contributed by atoms with van der Waals surface area (Å²) in [5.41, 5.74) is 1.78. The molecule has 0 bridgehead atoms. The summed E-state index contributed by atoms with van der Waals surface area (Å²) in [5, 5.41) is 0. The van der Waals surface area contributed by atoms with E-state index in [0.717, 1.165) is 12.5 Å². The molecule has 1 heterocycles. The zero-order valence-electron chi connectivity index (χ0n) is 13.6. The van der Waals surface area contributed by atoms with E-state index in [1.165, 1.54) is 38.0 Å². The van der Waals surface area contributed by atoms with Gasteiger partial charge in [0, 0.05) is 31.2 Å². The van der Waals surface area contributed by atoms with Crippen LogP contribution in [-0.4, -0.2) is 48.1 Å². The average molecular weight is 274 g/mol. The molecule has 1 aromatic carbocycles. The Balaban J connectivity index is 1.76. The van der Waals surface area contributed by atoms with Crippen molar-refractivity contribution in [2.45, 2.75) is 51.6 Å². The average Bonchev–Trinajstić information content (AvgIpc) is 2.45. The van der Waals surface area contributed by atoms with Crippen molar-refractivity contribution in [3.63, 3.8) is 0 Å². The lowest BCUT2D eigenvalue weighted by Gasteiger charge is -2.43. The molecule has 1 aliphatic heterocycles. The van der Waals surface area contributed by atoms with E-state index in [2.05, 4.69) is 68.0 Å². The Labute approximate surface area is 124 Å². The Morgan fingerprint density at radius 3 is 2.25 bits per heavy atom. The number of hydrogen-bond donors (Lipinski definition) is 0. The standard InChI is InChI=1S/C18H30N2/c1-18(2,3)20-14-11-17(12-15-20)19(4)13-10-16-8-6-5-7-9-16/h5-9,17H,10-15H2,1-4H3. The van der Waals surface area contributed by atoms with Crippen LogP contribution in [0.4, 0.5) is 0 Å². The molecule has 1 saturated heterocycles. The topological polar surface area (TPSA) is 6.48 Å². The maximum Gasteiger partial charge on any atom is 0.0125 e. The van der Waals surface area contributed by atoms with Crippen molar-refractivity contribution >= 4 is 0 Å². The van der Waals surface area contributed by atoms with Crippen LogP contribution in [-0.2, 0) is 6.42 Å². The second-order valence-electron chi connectivity index (χ2n) is 7.11. The number of benzene rings is 1. The summed E-state index contributed by atoms with van der Waals surface area (Å²) in [7, 11) is 2.29. The smallest absolute Gasteiger partial charge is 0.0125 e. The highest BCUT2D eigenvalue weighted by atomic mass is 15.2. The van der Waals surface area contributed by atoms with E-state index in [4.69, 9.17) is 0 Å². The fraction of sp³-hybridized carbons (Fsp3) is 0.667. The van der Waals surface area contributed by atoms with Gasteiger partial charge in [0.05, 0.1) is 0 Å². The van der Waals surface area contributed by atoms with E-state index in [0.29, 0.717) is 5.54 Å². The molecule has 2 heteroatoms. The number of nitrogens with zero attached hydrogens (tertiary/aromatic N) is 2. The van der Waals surface area contributed by atoms with Crippen LogP contribution in [0.1, 0.15) is 39.2 Å². The lowest BCUT2D eigenvalue weighted by molar-refractivity contribution is 0.0659. The fourth-order valence-corrected chi connectivity index (χ4v) is 3.11. The van der Waals surface area contributed by atoms with Crippen LogP contribution >= 0.6 is 0 Å². The Hall–Kier alpha value is -0.860. The summed E-state index contributed by atoms with van der Waals surface area (Å²) in [6.45, 7) is 10.6. The number of rotatable bonds is 4. The molecule has 0 aliphatic carbocycles. The van der Waals surface area contributed by atoms with Gasteiger partial charge in [-0.2, -0.15) is 0 Å². The van der Waals surface area contributed by atoms with Gasteiger partial charge in [-0.15, -0.1) is 0 Å². The molecule has 112 valence electrons. The van der Waals surface area contributed by atoms with Gasteiger partial charge in [-0.05, 0) is 52.6 Å². The van der Waals surface area contributed by atoms with Gasteiger partial charge in [-0.1, -0.05) is 30.3 Å². The molecule has 0 atom stereocenters. The van der Waals surface area contributed by atoms with E-state index in [1.54, 1.807) is 0 Å². The van der Waals surface area contributed by atoms with Gasteiger partial charge >= 0.3 is 0 Å². The summed E-state index contributed by atoms with van der Waals surface area (Å²) in [6, 6.07) is 11.6. The first-order valence-corrected chi connectivity index (χ1v) is 7.96. The minimum atomic E-state index is 0.327. The van der Waals surface area contributed by atoms with Gasteiger partial charge < -0.3 is 4.90 Å². The second-order valence-corrected chi connectivity index (χ2v) is 7.11. The predicted molar refractivity (Wildman–Crippen MR) is 87.1 cm³/mol. The first-order valence-electron chi connectivity index (χ1n) is 7.96. The molecule has 0 spiro atoms. The molecule has 0 saturated carbocycles. The monoisotopic (exact) mass is 274 g/mol. The zero-order valence-corrected chi connectivity index (χ0v) is 13.6. The van der Waals surface area contributed by atoms with Gasteiger partial charge in [0.1, 0.15) is 0 Å². The van der Waals surface area contributed by atoms with Crippen LogP contribution < -0.4 is 0 Å². The van der Waals surface area contributed by atoms with Crippen molar-refractivity contribution in [3.05, 3.63) is 35.9 Å². The first-order chi connectivity index (χ1) is 9.47. The molecule has 0 aromatic heterocycles. The van der Waals surface area contributed by atoms with Gasteiger partial charge in [0.15, 0.2) is 0 Å². The summed E-state index contributed by atoms with van der Waals surface area (Å²) >= 11 is 0. The molecule has 1 aromatic rings. The van der Waals surface area contributed by atoms with Gasteiger partial charge in [-0.3, -0.25) is 4.90 Å². The highest BCUT2D eigenvalue weighted by Gasteiger charge is 2.28. The molecule has 1 fully saturated rings. The van der Waals surface area contributed by atoms with Crippen LogP contribution in [0.15, 0.2) is 30.3 Å². The van der Waals surface area contributed by atoms with E-state index < -0.39 is 0 Å². The molecule has 2 rings (SSSR count). The maximum absolute atomic E-state index is 2.62. The van der Waals surface area contributed by atoms with Crippen LogP contribution in [0, 0.1) is 0 Å². The van der Waals surface area contributed by atoms with Crippen molar-refractivity contribution in [2.24, 2.45) is 0 Å². The predicted octanol–water partition coefficient (Wildman–Crippen LogP) is 3.42. The minimum absolute atomic E-state index is 0.327. The Morgan fingerprint density at radius 2 is 1.70 bits per heavy atom. The number of likely N-dealkylation sites (tertiary alicyclic amines) is 1. The summed E-state index contributed by atoms with van der Waals surface area (Å²) in [6.07, 6.45) is 3.78. The third-order valence-electron chi connectivity index (χ3n) is 4.63. The van der Waals surface area contributed by atoms with Crippen molar-refractivity contribution in [1.82, 2.24) is 9.80 Å². The fourth-order valence-electron chi connectivity index (χ4n) is 3.11. The largest absolute Gasteiger partial charge is 0.303 e. The van der Waals surface area contributed by atoms with E-state index in [1.807, 2.05) is 0 Å². The summed E-state index contributed by atoms with van der Waals surface area (Å²) in [5.74, 6) is 0. The van der Waals surface area contributed by atoms with Crippen molar-refractivity contribution in [3.8, 4) is 0 Å². The molecule has 0 radical (unpaired) electrons. The van der Waals surface area contributed by atoms with Crippen LogP contribution in [0.2, 0.25) is 0 Å². The Kier molecular flexibility index (Phi) is 5.22. The minimum Gasteiger partial charge on any atom is -0.303 e. The number of likely N-dealkylation sites (N-methyl/N-ethyl adjacent to an activating group) is 1. The molecular weight excluding hydrogens is 244 g/mol. The second kappa shape index (κ2) is 6.73. The first kappa shape index (κ1) is 15.5. The number of piperidine rings is 1. The molecule has 2 nitrogen and oxygen atoms in total. The van der Waals surface area contributed by atoms with Gasteiger partial charge in [0.25, 0.3) is 0 Å². The van der Waals surface area contributed by atoms with Crippen molar-refractivity contribution in [2.75, 3.05) is 26.7 Å². The maximum atomic E-state index is 2.62. The Morgan fingerprint density at radius 1 is 1.10 bits per heavy atom. The third-order valence-corrected chi connectivity index (χ3v) is 4.63. The van der Waals surface area contributed by atoms with E-state index in [9.17, 15) is 0 Å². The van der Waals surface area contributed by atoms with Crippen molar-refractivity contribution < 1.29 is 0 Å². The SMILES string of the molecule is CN(CCc1ccccc1)C1CCN(C(C)(C)C)CC1.